The van der Waals surface area contributed by atoms with Crippen molar-refractivity contribution in [2.75, 3.05) is 5.33 Å². The van der Waals surface area contributed by atoms with E-state index in [1.165, 1.54) is 6.42 Å². The van der Waals surface area contributed by atoms with Crippen LogP contribution in [-0.4, -0.2) is 17.5 Å². The lowest BCUT2D eigenvalue weighted by Gasteiger charge is -2.09. The second-order valence-corrected chi connectivity index (χ2v) is 3.32. The normalized spacial score (nSPS) is 46.6. The largest absolute Gasteiger partial charge is 0.367 e. The molecule has 0 N–H and O–H groups in total. The van der Waals surface area contributed by atoms with Crippen molar-refractivity contribution in [3.8, 4) is 0 Å². The highest BCUT2D eigenvalue weighted by Gasteiger charge is 2.35. The zero-order valence-electron chi connectivity index (χ0n) is 5.09. The van der Waals surface area contributed by atoms with E-state index in [2.05, 4.69) is 28.1 Å². The molecule has 2 aliphatic heterocycles. The van der Waals surface area contributed by atoms with Gasteiger partial charge in [0, 0.05) is 11.2 Å². The van der Waals surface area contributed by atoms with Crippen LogP contribution in [-0.2, 0) is 4.74 Å². The highest BCUT2D eigenvalue weighted by atomic mass is 79.9. The SMILES string of the molecule is BrC[C@@H]1C[C@@H]2C=C[C@H]1O2. The number of alkyl halides is 1. The van der Waals surface area contributed by atoms with E-state index in [4.69, 9.17) is 4.74 Å². The lowest BCUT2D eigenvalue weighted by atomic mass is 9.97. The molecule has 2 aliphatic rings. The van der Waals surface area contributed by atoms with Crippen molar-refractivity contribution in [3.63, 3.8) is 0 Å². The molecule has 2 heteroatoms. The number of rotatable bonds is 1. The van der Waals surface area contributed by atoms with Crippen LogP contribution in [0.2, 0.25) is 0 Å². The van der Waals surface area contributed by atoms with Crippen molar-refractivity contribution in [1.29, 1.82) is 0 Å². The van der Waals surface area contributed by atoms with E-state index in [0.29, 0.717) is 12.2 Å². The number of hydrogen-bond acceptors (Lipinski definition) is 1. The summed E-state index contributed by atoms with van der Waals surface area (Å²) in [5.41, 5.74) is 0. The van der Waals surface area contributed by atoms with Crippen LogP contribution in [0.3, 0.4) is 0 Å². The van der Waals surface area contributed by atoms with Crippen LogP contribution >= 0.6 is 15.9 Å². The van der Waals surface area contributed by atoms with Gasteiger partial charge in [0.25, 0.3) is 0 Å². The second-order valence-electron chi connectivity index (χ2n) is 2.67. The first-order valence-corrected chi connectivity index (χ1v) is 4.42. The molecule has 50 valence electrons. The minimum Gasteiger partial charge on any atom is -0.367 e. The Morgan fingerprint density at radius 3 is 2.78 bits per heavy atom. The molecule has 0 aromatic rings. The predicted molar refractivity (Wildman–Crippen MR) is 39.7 cm³/mol. The van der Waals surface area contributed by atoms with Crippen molar-refractivity contribution in [2.24, 2.45) is 5.92 Å². The minimum atomic E-state index is 0.425. The highest BCUT2D eigenvalue weighted by molar-refractivity contribution is 9.09. The molecule has 0 spiro atoms. The number of ether oxygens (including phenoxy) is 1. The lowest BCUT2D eigenvalue weighted by molar-refractivity contribution is 0.111. The van der Waals surface area contributed by atoms with Gasteiger partial charge in [-0.2, -0.15) is 0 Å². The molecule has 0 radical (unpaired) electrons. The van der Waals surface area contributed by atoms with Crippen LogP contribution in [0, 0.1) is 5.92 Å². The zero-order valence-corrected chi connectivity index (χ0v) is 6.67. The van der Waals surface area contributed by atoms with Gasteiger partial charge in [0.2, 0.25) is 0 Å². The molecule has 0 aromatic heterocycles. The first-order valence-electron chi connectivity index (χ1n) is 3.30. The average molecular weight is 189 g/mol. The monoisotopic (exact) mass is 188 g/mol. The molecule has 0 aliphatic carbocycles. The van der Waals surface area contributed by atoms with Gasteiger partial charge in [-0.05, 0) is 6.42 Å². The number of halogens is 1. The van der Waals surface area contributed by atoms with Crippen LogP contribution in [0.4, 0.5) is 0 Å². The van der Waals surface area contributed by atoms with Gasteiger partial charge in [-0.1, -0.05) is 28.1 Å². The Labute approximate surface area is 63.2 Å². The smallest absolute Gasteiger partial charge is 0.0802 e. The summed E-state index contributed by atoms with van der Waals surface area (Å²) in [4.78, 5) is 0. The predicted octanol–water partition coefficient (Wildman–Crippen LogP) is 1.72. The molecule has 1 saturated heterocycles. The summed E-state index contributed by atoms with van der Waals surface area (Å²) < 4.78 is 5.53. The molecule has 2 bridgehead atoms. The highest BCUT2D eigenvalue weighted by Crippen LogP contribution is 2.34. The second kappa shape index (κ2) is 2.10. The number of hydrogen-bond donors (Lipinski definition) is 0. The van der Waals surface area contributed by atoms with Crippen molar-refractivity contribution >= 4 is 15.9 Å². The summed E-state index contributed by atoms with van der Waals surface area (Å²) in [6.07, 6.45) is 6.43. The summed E-state index contributed by atoms with van der Waals surface area (Å²) in [5.74, 6) is 0.736. The Bertz CT molecular complexity index is 144. The van der Waals surface area contributed by atoms with Gasteiger partial charge >= 0.3 is 0 Å². The van der Waals surface area contributed by atoms with Crippen LogP contribution in [0.5, 0.6) is 0 Å². The quantitative estimate of drug-likeness (QED) is 0.450. The fraction of sp³-hybridized carbons (Fsp3) is 0.714. The minimum absolute atomic E-state index is 0.425. The molecule has 1 fully saturated rings. The van der Waals surface area contributed by atoms with E-state index in [9.17, 15) is 0 Å². The van der Waals surface area contributed by atoms with E-state index in [0.717, 1.165) is 11.2 Å². The molecular formula is C7H9BrO. The third kappa shape index (κ3) is 0.849. The third-order valence-electron chi connectivity index (χ3n) is 2.05. The Morgan fingerprint density at radius 2 is 2.44 bits per heavy atom. The fourth-order valence-electron chi connectivity index (χ4n) is 1.51. The summed E-state index contributed by atoms with van der Waals surface area (Å²) in [6.45, 7) is 0. The van der Waals surface area contributed by atoms with E-state index >= 15 is 0 Å². The van der Waals surface area contributed by atoms with Crippen LogP contribution in [0.1, 0.15) is 6.42 Å². The van der Waals surface area contributed by atoms with Gasteiger partial charge in [0.15, 0.2) is 0 Å². The van der Waals surface area contributed by atoms with Crippen molar-refractivity contribution in [1.82, 2.24) is 0 Å². The molecule has 0 amide bonds. The molecule has 3 atom stereocenters. The van der Waals surface area contributed by atoms with Gasteiger partial charge in [0.05, 0.1) is 12.2 Å². The van der Waals surface area contributed by atoms with E-state index in [1.54, 1.807) is 0 Å². The Balaban J connectivity index is 2.10. The molecule has 0 aromatic carbocycles. The first-order chi connectivity index (χ1) is 4.40. The average Bonchev–Trinajstić information content (AvgIpc) is 2.45. The summed E-state index contributed by atoms with van der Waals surface area (Å²) in [7, 11) is 0. The number of fused-ring (bicyclic) bond motifs is 2. The maximum Gasteiger partial charge on any atom is 0.0802 e. The molecule has 0 unspecified atom stereocenters. The Morgan fingerprint density at radius 1 is 1.56 bits per heavy atom. The van der Waals surface area contributed by atoms with Crippen LogP contribution in [0.15, 0.2) is 12.2 Å². The van der Waals surface area contributed by atoms with Gasteiger partial charge in [-0.3, -0.25) is 0 Å². The molecular weight excluding hydrogens is 180 g/mol. The summed E-state index contributed by atoms with van der Waals surface area (Å²) in [6, 6.07) is 0. The fourth-order valence-corrected chi connectivity index (χ4v) is 2.14. The van der Waals surface area contributed by atoms with E-state index in [1.807, 2.05) is 0 Å². The van der Waals surface area contributed by atoms with Crippen molar-refractivity contribution in [2.45, 2.75) is 18.6 Å². The van der Waals surface area contributed by atoms with Gasteiger partial charge < -0.3 is 4.74 Å². The maximum atomic E-state index is 5.53. The van der Waals surface area contributed by atoms with Crippen molar-refractivity contribution < 1.29 is 4.74 Å². The summed E-state index contributed by atoms with van der Waals surface area (Å²) >= 11 is 3.46. The van der Waals surface area contributed by atoms with Crippen LogP contribution in [0.25, 0.3) is 0 Å². The first kappa shape index (κ1) is 5.93. The standard InChI is InChI=1S/C7H9BrO/c8-4-5-3-6-1-2-7(5)9-6/h1-2,5-7H,3-4H2/t5-,6-,7+/m0/s1. The third-order valence-corrected chi connectivity index (χ3v) is 2.88. The molecule has 0 saturated carbocycles. The van der Waals surface area contributed by atoms with Crippen molar-refractivity contribution in [3.05, 3.63) is 12.2 Å². The van der Waals surface area contributed by atoms with Gasteiger partial charge in [0.1, 0.15) is 0 Å². The topological polar surface area (TPSA) is 9.23 Å². The van der Waals surface area contributed by atoms with Gasteiger partial charge in [-0.15, -0.1) is 0 Å². The Hall–Kier alpha value is 0.180. The Kier molecular flexibility index (Phi) is 1.38. The molecule has 2 rings (SSSR count). The molecule has 9 heavy (non-hydrogen) atoms. The van der Waals surface area contributed by atoms with E-state index in [-0.39, 0.29) is 0 Å². The van der Waals surface area contributed by atoms with Crippen LogP contribution < -0.4 is 0 Å². The maximum absolute atomic E-state index is 5.53. The van der Waals surface area contributed by atoms with E-state index < -0.39 is 0 Å². The van der Waals surface area contributed by atoms with Gasteiger partial charge in [-0.25, -0.2) is 0 Å². The molecule has 1 nitrogen and oxygen atoms in total. The summed E-state index contributed by atoms with van der Waals surface area (Å²) in [5, 5.41) is 1.08. The zero-order chi connectivity index (χ0) is 6.27. The molecule has 2 heterocycles. The lowest BCUT2D eigenvalue weighted by Crippen LogP contribution is -2.13.